The van der Waals surface area contributed by atoms with E-state index in [1.165, 1.54) is 17.5 Å². The van der Waals surface area contributed by atoms with Gasteiger partial charge in [-0.3, -0.25) is 9.59 Å². The smallest absolute Gasteiger partial charge is 0.338 e. The first-order chi connectivity index (χ1) is 14.6. The second kappa shape index (κ2) is 7.59. The predicted molar refractivity (Wildman–Crippen MR) is 113 cm³/mol. The number of fused-ring (bicyclic) bond motifs is 4. The van der Waals surface area contributed by atoms with Crippen molar-refractivity contribution in [1.29, 1.82) is 0 Å². The summed E-state index contributed by atoms with van der Waals surface area (Å²) >= 11 is 0. The number of Topliss-reactive ketones (excluding diaryl/α,β-unsaturated/α-hetero) is 1. The molecule has 6 nitrogen and oxygen atoms in total. The molecule has 1 N–H and O–H groups in total. The van der Waals surface area contributed by atoms with Gasteiger partial charge >= 0.3 is 5.97 Å². The largest absolute Gasteiger partial charge is 0.454 e. The van der Waals surface area contributed by atoms with Crippen molar-refractivity contribution in [2.75, 3.05) is 23.4 Å². The lowest BCUT2D eigenvalue weighted by atomic mass is 9.90. The molecule has 2 heterocycles. The highest BCUT2D eigenvalue weighted by Crippen LogP contribution is 2.37. The van der Waals surface area contributed by atoms with Crippen molar-refractivity contribution in [3.8, 4) is 0 Å². The highest BCUT2D eigenvalue weighted by molar-refractivity contribution is 6.06. The van der Waals surface area contributed by atoms with Gasteiger partial charge in [0.25, 0.3) is 0 Å². The number of rotatable bonds is 4. The molecule has 1 atom stereocenters. The number of ether oxygens (including phenoxy) is 1. The molecular formula is C24H24N2O4. The van der Waals surface area contributed by atoms with Crippen molar-refractivity contribution in [3.05, 3.63) is 58.7 Å². The summed E-state index contributed by atoms with van der Waals surface area (Å²) in [5.41, 5.74) is 4.99. The molecule has 0 unspecified atom stereocenters. The number of hydrogen-bond acceptors (Lipinski definition) is 5. The molecule has 0 bridgehead atoms. The van der Waals surface area contributed by atoms with E-state index in [-0.39, 0.29) is 24.3 Å². The Balaban J connectivity index is 1.26. The van der Waals surface area contributed by atoms with Gasteiger partial charge in [0.2, 0.25) is 5.91 Å². The van der Waals surface area contributed by atoms with Crippen molar-refractivity contribution >= 4 is 29.0 Å². The molecular weight excluding hydrogens is 380 g/mol. The van der Waals surface area contributed by atoms with Crippen LogP contribution in [0.15, 0.2) is 36.4 Å². The summed E-state index contributed by atoms with van der Waals surface area (Å²) in [5.74, 6) is -0.807. The zero-order valence-electron chi connectivity index (χ0n) is 16.8. The van der Waals surface area contributed by atoms with E-state index in [0.717, 1.165) is 44.3 Å². The maximum absolute atomic E-state index is 12.5. The van der Waals surface area contributed by atoms with Gasteiger partial charge in [-0.1, -0.05) is 12.1 Å². The van der Waals surface area contributed by atoms with Gasteiger partial charge in [-0.25, -0.2) is 4.79 Å². The monoisotopic (exact) mass is 404 g/mol. The standard InChI is InChI=1S/C24H24N2O4/c27-22(17-8-7-15-4-1-2-5-16(15)12-17)14-30-24(29)18-9-10-20-19(13-18)25-23(28)21-6-3-11-26(20)21/h7-10,12-13,21H,1-6,11,14H2,(H,25,28)/t21-/m1/s1. The minimum atomic E-state index is -0.568. The summed E-state index contributed by atoms with van der Waals surface area (Å²) in [7, 11) is 0. The molecule has 0 aromatic heterocycles. The number of nitrogens with zero attached hydrogens (tertiary/aromatic N) is 1. The first-order valence-electron chi connectivity index (χ1n) is 10.6. The molecule has 5 rings (SSSR count). The Morgan fingerprint density at radius 1 is 1.00 bits per heavy atom. The maximum atomic E-state index is 12.5. The normalized spacial score (nSPS) is 19.4. The summed E-state index contributed by atoms with van der Waals surface area (Å²) in [6.07, 6.45) is 6.22. The highest BCUT2D eigenvalue weighted by atomic mass is 16.5. The number of carbonyl (C=O) groups is 3. The van der Waals surface area contributed by atoms with Gasteiger partial charge in [-0.15, -0.1) is 0 Å². The van der Waals surface area contributed by atoms with E-state index >= 15 is 0 Å². The molecule has 3 aliphatic rings. The molecule has 2 aromatic rings. The van der Waals surface area contributed by atoms with Gasteiger partial charge in [0.15, 0.2) is 12.4 Å². The number of ketones is 1. The minimum absolute atomic E-state index is 0.0342. The van der Waals surface area contributed by atoms with Gasteiger partial charge < -0.3 is 15.0 Å². The molecule has 0 spiro atoms. The molecule has 1 amide bonds. The molecule has 6 heteroatoms. The molecule has 1 fully saturated rings. The van der Waals surface area contributed by atoms with Crippen molar-refractivity contribution in [2.45, 2.75) is 44.6 Å². The van der Waals surface area contributed by atoms with E-state index in [2.05, 4.69) is 10.2 Å². The Morgan fingerprint density at radius 2 is 1.80 bits per heavy atom. The topological polar surface area (TPSA) is 75.7 Å². The van der Waals surface area contributed by atoms with Crippen LogP contribution in [-0.2, 0) is 22.4 Å². The van der Waals surface area contributed by atoms with Crippen molar-refractivity contribution in [3.63, 3.8) is 0 Å². The summed E-state index contributed by atoms with van der Waals surface area (Å²) in [5, 5.41) is 2.89. The number of esters is 1. The highest BCUT2D eigenvalue weighted by Gasteiger charge is 2.36. The van der Waals surface area contributed by atoms with Gasteiger partial charge in [0, 0.05) is 12.1 Å². The molecule has 154 valence electrons. The fourth-order valence-corrected chi connectivity index (χ4v) is 4.76. The third-order valence-electron chi connectivity index (χ3n) is 6.36. The second-order valence-electron chi connectivity index (χ2n) is 8.26. The van der Waals surface area contributed by atoms with Gasteiger partial charge in [-0.2, -0.15) is 0 Å². The number of aryl methyl sites for hydroxylation is 2. The van der Waals surface area contributed by atoms with Crippen molar-refractivity contribution in [2.24, 2.45) is 0 Å². The van der Waals surface area contributed by atoms with Crippen LogP contribution in [0.1, 0.15) is 57.5 Å². The fourth-order valence-electron chi connectivity index (χ4n) is 4.76. The first-order valence-corrected chi connectivity index (χ1v) is 10.6. The molecule has 0 saturated carbocycles. The zero-order valence-corrected chi connectivity index (χ0v) is 16.8. The molecule has 30 heavy (non-hydrogen) atoms. The van der Waals surface area contributed by atoms with Gasteiger partial charge in [-0.05, 0) is 73.9 Å². The fraction of sp³-hybridized carbons (Fsp3) is 0.375. The molecule has 2 aromatic carbocycles. The SMILES string of the molecule is O=C(COC(=O)c1ccc2c(c1)NC(=O)[C@H]1CCCN21)c1ccc2c(c1)CCCC2. The summed E-state index contributed by atoms with van der Waals surface area (Å²) in [4.78, 5) is 39.4. The number of nitrogens with one attached hydrogen (secondary N) is 1. The Bertz CT molecular complexity index is 1050. The van der Waals surface area contributed by atoms with E-state index in [4.69, 9.17) is 4.74 Å². The van der Waals surface area contributed by atoms with Crippen molar-refractivity contribution in [1.82, 2.24) is 0 Å². The van der Waals surface area contributed by atoms with Crippen LogP contribution in [0.2, 0.25) is 0 Å². The average molecular weight is 404 g/mol. The lowest BCUT2D eigenvalue weighted by Gasteiger charge is -2.33. The van der Waals surface area contributed by atoms with Crippen LogP contribution in [0.25, 0.3) is 0 Å². The van der Waals surface area contributed by atoms with Crippen LogP contribution in [0.4, 0.5) is 11.4 Å². The molecule has 1 saturated heterocycles. The zero-order chi connectivity index (χ0) is 20.7. The van der Waals surface area contributed by atoms with E-state index in [9.17, 15) is 14.4 Å². The molecule has 2 aliphatic heterocycles. The number of amides is 1. The van der Waals surface area contributed by atoms with Gasteiger partial charge in [0.05, 0.1) is 16.9 Å². The maximum Gasteiger partial charge on any atom is 0.338 e. The lowest BCUT2D eigenvalue weighted by molar-refractivity contribution is -0.117. The van der Waals surface area contributed by atoms with Crippen LogP contribution in [0.3, 0.4) is 0 Å². The number of benzene rings is 2. The third-order valence-corrected chi connectivity index (χ3v) is 6.36. The van der Waals surface area contributed by atoms with E-state index < -0.39 is 5.97 Å². The predicted octanol–water partition coefficient (Wildman–Crippen LogP) is 3.53. The van der Waals surface area contributed by atoms with E-state index in [1.807, 2.05) is 24.3 Å². The van der Waals surface area contributed by atoms with Crippen LogP contribution >= 0.6 is 0 Å². The Hall–Kier alpha value is -3.15. The number of anilines is 2. The summed E-state index contributed by atoms with van der Waals surface area (Å²) in [6.45, 7) is 0.541. The quantitative estimate of drug-likeness (QED) is 0.623. The Morgan fingerprint density at radius 3 is 2.67 bits per heavy atom. The Kier molecular flexibility index (Phi) is 4.77. The van der Waals surface area contributed by atoms with Crippen molar-refractivity contribution < 1.29 is 19.1 Å². The first kappa shape index (κ1) is 18.9. The van der Waals surface area contributed by atoms with Crippen LogP contribution < -0.4 is 10.2 Å². The Labute approximate surface area is 175 Å². The number of carbonyl (C=O) groups excluding carboxylic acids is 3. The van der Waals surface area contributed by atoms with Crippen LogP contribution in [-0.4, -0.2) is 36.9 Å². The van der Waals surface area contributed by atoms with Crippen LogP contribution in [0, 0.1) is 0 Å². The average Bonchev–Trinajstić information content (AvgIpc) is 3.27. The van der Waals surface area contributed by atoms with Crippen LogP contribution in [0.5, 0.6) is 0 Å². The minimum Gasteiger partial charge on any atom is -0.454 e. The second-order valence-corrected chi connectivity index (χ2v) is 8.26. The van der Waals surface area contributed by atoms with Gasteiger partial charge in [0.1, 0.15) is 6.04 Å². The summed E-state index contributed by atoms with van der Waals surface area (Å²) in [6, 6.07) is 10.8. The molecule has 0 radical (unpaired) electrons. The summed E-state index contributed by atoms with van der Waals surface area (Å²) < 4.78 is 5.28. The number of hydrogen-bond donors (Lipinski definition) is 1. The molecule has 1 aliphatic carbocycles. The lowest BCUT2D eigenvalue weighted by Crippen LogP contribution is -2.43. The van der Waals surface area contributed by atoms with E-state index in [1.54, 1.807) is 12.1 Å². The third kappa shape index (κ3) is 3.36. The van der Waals surface area contributed by atoms with E-state index in [0.29, 0.717) is 16.8 Å².